The molecule has 0 spiro atoms. The van der Waals surface area contributed by atoms with E-state index in [0.29, 0.717) is 17.9 Å². The van der Waals surface area contributed by atoms with Crippen molar-refractivity contribution in [3.05, 3.63) is 29.8 Å². The lowest BCUT2D eigenvalue weighted by atomic mass is 9.78. The molecule has 0 heterocycles. The molecular weight excluding hydrogens is 262 g/mol. The van der Waals surface area contributed by atoms with Crippen molar-refractivity contribution < 1.29 is 18.6 Å². The standard InChI is InChI=1S/C16H24F2O2/c1-4-11-20-13-9-7-12(8-10-13)16(19,6-3)14(5-2)15(17)18/h7-10,14-15,19H,4-6,11H2,1-3H3. The number of alkyl halides is 2. The minimum Gasteiger partial charge on any atom is -0.494 e. The van der Waals surface area contributed by atoms with E-state index >= 15 is 0 Å². The van der Waals surface area contributed by atoms with Gasteiger partial charge in [0.2, 0.25) is 6.43 Å². The van der Waals surface area contributed by atoms with Gasteiger partial charge in [0.05, 0.1) is 18.1 Å². The van der Waals surface area contributed by atoms with E-state index in [0.717, 1.165) is 6.42 Å². The van der Waals surface area contributed by atoms with Gasteiger partial charge in [-0.15, -0.1) is 0 Å². The molecule has 2 unspecified atom stereocenters. The van der Waals surface area contributed by atoms with E-state index < -0.39 is 17.9 Å². The second kappa shape index (κ2) is 7.58. The summed E-state index contributed by atoms with van der Waals surface area (Å²) in [5.41, 5.74) is -0.970. The summed E-state index contributed by atoms with van der Waals surface area (Å²) in [5.74, 6) is -0.367. The van der Waals surface area contributed by atoms with E-state index in [9.17, 15) is 13.9 Å². The van der Waals surface area contributed by atoms with Crippen molar-refractivity contribution in [2.75, 3.05) is 6.61 Å². The summed E-state index contributed by atoms with van der Waals surface area (Å²) >= 11 is 0. The Morgan fingerprint density at radius 2 is 1.75 bits per heavy atom. The average Bonchev–Trinajstić information content (AvgIpc) is 2.45. The molecule has 4 heteroatoms. The zero-order valence-corrected chi connectivity index (χ0v) is 12.4. The van der Waals surface area contributed by atoms with Gasteiger partial charge in [-0.2, -0.15) is 0 Å². The van der Waals surface area contributed by atoms with Crippen molar-refractivity contribution in [2.45, 2.75) is 52.1 Å². The van der Waals surface area contributed by atoms with E-state index in [-0.39, 0.29) is 12.8 Å². The molecule has 1 rings (SSSR count). The Bertz CT molecular complexity index is 392. The molecule has 0 amide bonds. The topological polar surface area (TPSA) is 29.5 Å². The highest BCUT2D eigenvalue weighted by molar-refractivity contribution is 5.31. The highest BCUT2D eigenvalue weighted by Gasteiger charge is 2.41. The largest absolute Gasteiger partial charge is 0.494 e. The van der Waals surface area contributed by atoms with Crippen LogP contribution in [0, 0.1) is 5.92 Å². The molecule has 114 valence electrons. The Balaban J connectivity index is 2.99. The second-order valence-corrected chi connectivity index (χ2v) is 5.00. The van der Waals surface area contributed by atoms with Crippen LogP contribution in [0.4, 0.5) is 8.78 Å². The van der Waals surface area contributed by atoms with Crippen molar-refractivity contribution in [1.29, 1.82) is 0 Å². The first kappa shape index (κ1) is 16.9. The fraction of sp³-hybridized carbons (Fsp3) is 0.625. The van der Waals surface area contributed by atoms with E-state index in [1.54, 1.807) is 38.1 Å². The molecule has 0 aliphatic carbocycles. The molecule has 0 fully saturated rings. The van der Waals surface area contributed by atoms with Gasteiger partial charge in [-0.05, 0) is 37.0 Å². The first-order valence-electron chi connectivity index (χ1n) is 7.23. The third-order valence-electron chi connectivity index (χ3n) is 3.72. The maximum Gasteiger partial charge on any atom is 0.244 e. The number of benzene rings is 1. The SMILES string of the molecule is CCCOc1ccc(C(O)(CC)C(CC)C(F)F)cc1. The summed E-state index contributed by atoms with van der Waals surface area (Å²) in [6, 6.07) is 6.81. The van der Waals surface area contributed by atoms with Gasteiger partial charge in [0, 0.05) is 0 Å². The smallest absolute Gasteiger partial charge is 0.244 e. The van der Waals surface area contributed by atoms with Crippen LogP contribution in [0.5, 0.6) is 5.75 Å². The number of hydrogen-bond acceptors (Lipinski definition) is 2. The molecule has 2 nitrogen and oxygen atoms in total. The predicted molar refractivity (Wildman–Crippen MR) is 76.2 cm³/mol. The van der Waals surface area contributed by atoms with E-state index in [4.69, 9.17) is 4.74 Å². The van der Waals surface area contributed by atoms with Crippen LogP contribution in [-0.4, -0.2) is 18.1 Å². The van der Waals surface area contributed by atoms with Gasteiger partial charge in [0.1, 0.15) is 5.75 Å². The molecule has 0 radical (unpaired) electrons. The van der Waals surface area contributed by atoms with Crippen LogP contribution >= 0.6 is 0 Å². The van der Waals surface area contributed by atoms with Gasteiger partial charge in [0.15, 0.2) is 0 Å². The molecule has 1 aromatic carbocycles. The third kappa shape index (κ3) is 3.69. The van der Waals surface area contributed by atoms with Crippen LogP contribution < -0.4 is 4.74 Å². The highest BCUT2D eigenvalue weighted by Crippen LogP contribution is 2.39. The van der Waals surface area contributed by atoms with Crippen LogP contribution in [0.15, 0.2) is 24.3 Å². The van der Waals surface area contributed by atoms with Crippen LogP contribution in [0.25, 0.3) is 0 Å². The minimum absolute atomic E-state index is 0.232. The first-order chi connectivity index (χ1) is 9.49. The molecular formula is C16H24F2O2. The second-order valence-electron chi connectivity index (χ2n) is 5.00. The summed E-state index contributed by atoms with van der Waals surface area (Å²) in [4.78, 5) is 0. The van der Waals surface area contributed by atoms with Crippen molar-refractivity contribution in [1.82, 2.24) is 0 Å². The molecule has 0 saturated heterocycles. The number of halogens is 2. The average molecular weight is 286 g/mol. The maximum absolute atomic E-state index is 13.1. The summed E-state index contributed by atoms with van der Waals surface area (Å²) < 4.78 is 31.7. The highest BCUT2D eigenvalue weighted by atomic mass is 19.3. The number of aliphatic hydroxyl groups is 1. The van der Waals surface area contributed by atoms with Crippen molar-refractivity contribution in [2.24, 2.45) is 5.92 Å². The predicted octanol–water partition coefficient (Wildman–Crippen LogP) is 4.36. The van der Waals surface area contributed by atoms with Crippen LogP contribution in [0.2, 0.25) is 0 Å². The molecule has 0 saturated carbocycles. The number of rotatable bonds is 8. The first-order valence-corrected chi connectivity index (χ1v) is 7.23. The van der Waals surface area contributed by atoms with E-state index in [2.05, 4.69) is 0 Å². The zero-order valence-electron chi connectivity index (χ0n) is 12.4. The lowest BCUT2D eigenvalue weighted by Gasteiger charge is -2.35. The van der Waals surface area contributed by atoms with Gasteiger partial charge in [-0.3, -0.25) is 0 Å². The van der Waals surface area contributed by atoms with Crippen LogP contribution in [0.3, 0.4) is 0 Å². The van der Waals surface area contributed by atoms with Crippen molar-refractivity contribution in [3.63, 3.8) is 0 Å². The van der Waals surface area contributed by atoms with Crippen molar-refractivity contribution in [3.8, 4) is 5.75 Å². The van der Waals surface area contributed by atoms with Crippen LogP contribution in [0.1, 0.15) is 45.6 Å². The quantitative estimate of drug-likeness (QED) is 0.769. The fourth-order valence-corrected chi connectivity index (χ4v) is 2.46. The Labute approximate surface area is 119 Å². The summed E-state index contributed by atoms with van der Waals surface area (Å²) in [7, 11) is 0. The summed E-state index contributed by atoms with van der Waals surface area (Å²) in [6.07, 6.45) is -1.15. The number of hydrogen-bond donors (Lipinski definition) is 1. The molecule has 1 aromatic rings. The fourth-order valence-electron chi connectivity index (χ4n) is 2.46. The van der Waals surface area contributed by atoms with Gasteiger partial charge < -0.3 is 9.84 Å². The summed E-state index contributed by atoms with van der Waals surface area (Å²) in [6.45, 7) is 6.04. The van der Waals surface area contributed by atoms with Gasteiger partial charge >= 0.3 is 0 Å². The normalized spacial score (nSPS) is 15.9. The molecule has 0 aliphatic rings. The lowest BCUT2D eigenvalue weighted by molar-refractivity contribution is -0.0944. The summed E-state index contributed by atoms with van der Waals surface area (Å²) in [5, 5.41) is 10.7. The molecule has 2 atom stereocenters. The lowest BCUT2D eigenvalue weighted by Crippen LogP contribution is -2.38. The van der Waals surface area contributed by atoms with Gasteiger partial charge in [-0.25, -0.2) is 8.78 Å². The third-order valence-corrected chi connectivity index (χ3v) is 3.72. The molecule has 20 heavy (non-hydrogen) atoms. The Morgan fingerprint density at radius 1 is 1.15 bits per heavy atom. The molecule has 0 aliphatic heterocycles. The molecule has 0 bridgehead atoms. The van der Waals surface area contributed by atoms with E-state index in [1.165, 1.54) is 0 Å². The van der Waals surface area contributed by atoms with Crippen molar-refractivity contribution >= 4 is 0 Å². The number of ether oxygens (including phenoxy) is 1. The molecule has 1 N–H and O–H groups in total. The Hall–Kier alpha value is -1.16. The molecule has 0 aromatic heterocycles. The van der Waals surface area contributed by atoms with E-state index in [1.807, 2.05) is 6.92 Å². The van der Waals surface area contributed by atoms with Crippen LogP contribution in [-0.2, 0) is 5.60 Å². The Morgan fingerprint density at radius 3 is 2.15 bits per heavy atom. The maximum atomic E-state index is 13.1. The zero-order chi connectivity index (χ0) is 15.2. The Kier molecular flexibility index (Phi) is 6.40. The minimum atomic E-state index is -2.54. The van der Waals surface area contributed by atoms with Gasteiger partial charge in [-0.1, -0.05) is 32.9 Å². The van der Waals surface area contributed by atoms with Gasteiger partial charge in [0.25, 0.3) is 0 Å². The monoisotopic (exact) mass is 286 g/mol.